The van der Waals surface area contributed by atoms with Gasteiger partial charge in [0.2, 0.25) is 5.91 Å². The van der Waals surface area contributed by atoms with E-state index in [0.717, 1.165) is 17.1 Å². The molecule has 7 nitrogen and oxygen atoms in total. The summed E-state index contributed by atoms with van der Waals surface area (Å²) in [6, 6.07) is 1.72. The molecule has 2 amide bonds. The van der Waals surface area contributed by atoms with Crippen LogP contribution in [0.15, 0.2) is 17.6 Å². The van der Waals surface area contributed by atoms with E-state index in [2.05, 4.69) is 15.2 Å². The molecular formula is C15H17N5O2S. The van der Waals surface area contributed by atoms with Gasteiger partial charge in [-0.05, 0) is 19.4 Å². The van der Waals surface area contributed by atoms with Crippen LogP contribution in [0.4, 0.5) is 0 Å². The number of thiazole rings is 1. The maximum absolute atomic E-state index is 12.5. The van der Waals surface area contributed by atoms with Gasteiger partial charge in [0.25, 0.3) is 5.91 Å². The van der Waals surface area contributed by atoms with E-state index in [9.17, 15) is 9.59 Å². The van der Waals surface area contributed by atoms with Crippen molar-refractivity contribution in [1.82, 2.24) is 25.0 Å². The molecule has 4 heterocycles. The third-order valence-corrected chi connectivity index (χ3v) is 5.43. The molecule has 2 aromatic rings. The smallest absolute Gasteiger partial charge is 0.272 e. The number of nitrogens with one attached hydrogen (secondary N) is 1. The van der Waals surface area contributed by atoms with Gasteiger partial charge in [-0.1, -0.05) is 0 Å². The summed E-state index contributed by atoms with van der Waals surface area (Å²) in [7, 11) is 0. The highest BCUT2D eigenvalue weighted by Crippen LogP contribution is 2.34. The zero-order valence-corrected chi connectivity index (χ0v) is 13.5. The number of aromatic amines is 1. The molecule has 2 saturated heterocycles. The standard InChI is InChI=1S/C15H17N5O2S/c1-9-17-10(8-23-9)7-20-12-3-5-19(13(12)6-14(20)21)15(22)11-2-4-16-18-11/h2,4,8,12-13H,3,5-7H2,1H3,(H,16,18)/t12-,13-/m1/s1. The first kappa shape index (κ1) is 14.4. The summed E-state index contributed by atoms with van der Waals surface area (Å²) in [4.78, 5) is 33.1. The van der Waals surface area contributed by atoms with Gasteiger partial charge >= 0.3 is 0 Å². The van der Waals surface area contributed by atoms with Crippen molar-refractivity contribution in [2.24, 2.45) is 0 Å². The Bertz CT molecular complexity index is 741. The topological polar surface area (TPSA) is 82.2 Å². The zero-order valence-electron chi connectivity index (χ0n) is 12.7. The van der Waals surface area contributed by atoms with Gasteiger partial charge in [-0.25, -0.2) is 4.98 Å². The molecule has 0 bridgehead atoms. The average Bonchev–Trinajstić information content (AvgIpc) is 3.27. The summed E-state index contributed by atoms with van der Waals surface area (Å²) in [5.41, 5.74) is 1.41. The quantitative estimate of drug-likeness (QED) is 0.916. The molecule has 0 saturated carbocycles. The molecule has 0 aromatic carbocycles. The predicted molar refractivity (Wildman–Crippen MR) is 83.8 cm³/mol. The Labute approximate surface area is 137 Å². The van der Waals surface area contributed by atoms with Gasteiger partial charge in [0.1, 0.15) is 5.69 Å². The fourth-order valence-electron chi connectivity index (χ4n) is 3.57. The molecule has 0 aliphatic carbocycles. The first-order chi connectivity index (χ1) is 11.1. The number of aryl methyl sites for hydroxylation is 1. The molecule has 0 unspecified atom stereocenters. The summed E-state index contributed by atoms with van der Waals surface area (Å²) in [6.07, 6.45) is 2.78. The van der Waals surface area contributed by atoms with Crippen LogP contribution in [0.2, 0.25) is 0 Å². The second-order valence-corrected chi connectivity index (χ2v) is 7.04. The van der Waals surface area contributed by atoms with Gasteiger partial charge in [-0.3, -0.25) is 14.7 Å². The number of hydrogen-bond donors (Lipinski definition) is 1. The minimum Gasteiger partial charge on any atom is -0.332 e. The van der Waals surface area contributed by atoms with E-state index in [1.165, 1.54) is 0 Å². The Morgan fingerprint density at radius 3 is 3.04 bits per heavy atom. The third kappa shape index (κ3) is 2.42. The minimum atomic E-state index is -0.0749. The molecular weight excluding hydrogens is 314 g/mol. The number of likely N-dealkylation sites (tertiary alicyclic amines) is 2. The van der Waals surface area contributed by atoms with Gasteiger partial charge < -0.3 is 9.80 Å². The van der Waals surface area contributed by atoms with Crippen LogP contribution in [-0.4, -0.2) is 55.4 Å². The lowest BCUT2D eigenvalue weighted by atomic mass is 10.1. The van der Waals surface area contributed by atoms with Gasteiger partial charge in [0.15, 0.2) is 0 Å². The number of carbonyl (C=O) groups is 2. The molecule has 2 aliphatic heterocycles. The number of H-pyrrole nitrogens is 1. The van der Waals surface area contributed by atoms with Crippen molar-refractivity contribution in [2.75, 3.05) is 6.54 Å². The van der Waals surface area contributed by atoms with E-state index in [-0.39, 0.29) is 23.9 Å². The summed E-state index contributed by atoms with van der Waals surface area (Å²) in [5, 5.41) is 9.55. The van der Waals surface area contributed by atoms with Crippen LogP contribution >= 0.6 is 11.3 Å². The van der Waals surface area contributed by atoms with E-state index in [0.29, 0.717) is 25.2 Å². The minimum absolute atomic E-state index is 0.0435. The molecule has 8 heteroatoms. The number of rotatable bonds is 3. The molecule has 2 fully saturated rings. The van der Waals surface area contributed by atoms with Crippen LogP contribution in [-0.2, 0) is 11.3 Å². The Hall–Kier alpha value is -2.22. The number of aromatic nitrogens is 3. The summed E-state index contributed by atoms with van der Waals surface area (Å²) in [5.74, 6) is 0.0296. The van der Waals surface area contributed by atoms with Gasteiger partial charge in [0.05, 0.1) is 29.3 Å². The number of hydrogen-bond acceptors (Lipinski definition) is 5. The lowest BCUT2D eigenvalue weighted by molar-refractivity contribution is -0.129. The summed E-state index contributed by atoms with van der Waals surface area (Å²) >= 11 is 1.59. The molecule has 23 heavy (non-hydrogen) atoms. The second kappa shape index (κ2) is 5.45. The van der Waals surface area contributed by atoms with E-state index in [1.807, 2.05) is 22.1 Å². The first-order valence-corrected chi connectivity index (χ1v) is 8.52. The zero-order chi connectivity index (χ0) is 16.0. The monoisotopic (exact) mass is 331 g/mol. The van der Waals surface area contributed by atoms with Crippen molar-refractivity contribution in [3.05, 3.63) is 34.0 Å². The fraction of sp³-hybridized carbons (Fsp3) is 0.467. The van der Waals surface area contributed by atoms with E-state index in [1.54, 1.807) is 23.6 Å². The number of carbonyl (C=O) groups excluding carboxylic acids is 2. The largest absolute Gasteiger partial charge is 0.332 e. The lowest BCUT2D eigenvalue weighted by Gasteiger charge is -2.24. The normalized spacial score (nSPS) is 23.6. The van der Waals surface area contributed by atoms with E-state index < -0.39 is 0 Å². The maximum atomic E-state index is 12.5. The Morgan fingerprint density at radius 2 is 2.35 bits per heavy atom. The van der Waals surface area contributed by atoms with Crippen molar-refractivity contribution in [3.63, 3.8) is 0 Å². The molecule has 2 aliphatic rings. The Morgan fingerprint density at radius 1 is 1.48 bits per heavy atom. The molecule has 0 spiro atoms. The van der Waals surface area contributed by atoms with Crippen molar-refractivity contribution in [2.45, 2.75) is 38.4 Å². The molecule has 0 radical (unpaired) electrons. The van der Waals surface area contributed by atoms with Gasteiger partial charge in [0, 0.05) is 24.5 Å². The molecule has 1 N–H and O–H groups in total. The van der Waals surface area contributed by atoms with Crippen molar-refractivity contribution >= 4 is 23.2 Å². The van der Waals surface area contributed by atoms with Crippen LogP contribution in [0.5, 0.6) is 0 Å². The van der Waals surface area contributed by atoms with Crippen molar-refractivity contribution < 1.29 is 9.59 Å². The van der Waals surface area contributed by atoms with Crippen LogP contribution in [0.1, 0.15) is 34.0 Å². The van der Waals surface area contributed by atoms with Crippen LogP contribution in [0.25, 0.3) is 0 Å². The van der Waals surface area contributed by atoms with Crippen LogP contribution < -0.4 is 0 Å². The van der Waals surface area contributed by atoms with Crippen LogP contribution in [0.3, 0.4) is 0 Å². The number of nitrogens with zero attached hydrogens (tertiary/aromatic N) is 4. The number of amides is 2. The maximum Gasteiger partial charge on any atom is 0.272 e. The second-order valence-electron chi connectivity index (χ2n) is 5.98. The van der Waals surface area contributed by atoms with Crippen LogP contribution in [0, 0.1) is 6.92 Å². The highest BCUT2D eigenvalue weighted by Gasteiger charge is 2.48. The average molecular weight is 331 g/mol. The third-order valence-electron chi connectivity index (χ3n) is 4.61. The SMILES string of the molecule is Cc1nc(CN2C(=O)C[C@@H]3[C@H]2CCN3C(=O)c2ccn[nH]2)cs1. The van der Waals surface area contributed by atoms with Gasteiger partial charge in [-0.15, -0.1) is 11.3 Å². The van der Waals surface area contributed by atoms with Crippen molar-refractivity contribution in [3.8, 4) is 0 Å². The highest BCUT2D eigenvalue weighted by atomic mass is 32.1. The summed E-state index contributed by atoms with van der Waals surface area (Å²) < 4.78 is 0. The Kier molecular flexibility index (Phi) is 3.41. The lowest BCUT2D eigenvalue weighted by Crippen LogP contribution is -2.39. The molecule has 2 aromatic heterocycles. The molecule has 4 rings (SSSR count). The Balaban J connectivity index is 1.52. The molecule has 120 valence electrons. The fourth-order valence-corrected chi connectivity index (χ4v) is 4.17. The number of fused-ring (bicyclic) bond motifs is 1. The molecule has 2 atom stereocenters. The summed E-state index contributed by atoms with van der Waals surface area (Å²) in [6.45, 7) is 3.17. The first-order valence-electron chi connectivity index (χ1n) is 7.64. The predicted octanol–water partition coefficient (Wildman–Crippen LogP) is 1.19. The van der Waals surface area contributed by atoms with Gasteiger partial charge in [-0.2, -0.15) is 5.10 Å². The van der Waals surface area contributed by atoms with E-state index >= 15 is 0 Å². The highest BCUT2D eigenvalue weighted by molar-refractivity contribution is 7.09. The van der Waals surface area contributed by atoms with Crippen molar-refractivity contribution in [1.29, 1.82) is 0 Å². The van der Waals surface area contributed by atoms with E-state index in [4.69, 9.17) is 0 Å².